The SMILES string of the molecule is C=C(C)C(=O)Oc1c2cc(C(C)(C)C)cc1Cc1cc(C(C)(C)C)cc(c1OC(=O)C(=C)C)Cc1cc(C(C)(C)C)cc(c1OC(=O)C(=C)C)Cc1cc(C(C)(C)C)cc(c1OC(=O)C(=C)C)Cc1cc(C(C)(C)C)cc(c1OC(=O)C(=C)C)Cc1cc(C(C)(C)C)cc(c1OC(=O)C(=C)C)Cc1cc(C(C)(C)C)cc(c1OC(=O)C(=C)C)Cc1cc(C(C)(C)C)cc(c1OC(=O)C(=C)C)C2. The lowest BCUT2D eigenvalue weighted by atomic mass is 9.79. The molecule has 8 aromatic rings. The summed E-state index contributed by atoms with van der Waals surface area (Å²) in [5, 5.41) is 0. The predicted octanol–water partition coefficient (Wildman–Crippen LogP) is 27.0. The number of rotatable bonds is 16. The minimum atomic E-state index is -0.743. The van der Waals surface area contributed by atoms with Crippen molar-refractivity contribution in [2.45, 2.75) is 316 Å². The number of ether oxygens (including phenoxy) is 8. The maximum Gasteiger partial charge on any atom is 0.338 e. The molecule has 0 amide bonds. The highest BCUT2D eigenvalue weighted by Gasteiger charge is 2.37. The molecule has 0 aliphatic heterocycles. The molecule has 0 fully saturated rings. The van der Waals surface area contributed by atoms with Crippen molar-refractivity contribution >= 4 is 47.8 Å². The lowest BCUT2D eigenvalue weighted by molar-refractivity contribution is -0.131. The van der Waals surface area contributed by atoms with Crippen LogP contribution < -0.4 is 37.9 Å². The molecule has 0 N–H and O–H groups in total. The Bertz CT molecular complexity index is 5000. The van der Waals surface area contributed by atoms with E-state index in [-0.39, 0.29) is 142 Å². The lowest BCUT2D eigenvalue weighted by Crippen LogP contribution is -2.20. The molecule has 16 heteroatoms. The van der Waals surface area contributed by atoms with Crippen LogP contribution in [0.5, 0.6) is 46.0 Å². The minimum Gasteiger partial charge on any atom is -0.423 e. The predicted molar refractivity (Wildman–Crippen MR) is 547 cm³/mol. The van der Waals surface area contributed by atoms with Crippen LogP contribution in [0.4, 0.5) is 0 Å². The van der Waals surface area contributed by atoms with Crippen LogP contribution in [-0.4, -0.2) is 47.8 Å². The molecule has 0 unspecified atom stereocenters. The summed E-state index contributed by atoms with van der Waals surface area (Å²) < 4.78 is 54.6. The van der Waals surface area contributed by atoms with E-state index in [1.54, 1.807) is 55.4 Å². The normalized spacial score (nSPS) is 12.9. The Balaban J connectivity index is 1.62. The molecule has 8 aromatic carbocycles. The van der Waals surface area contributed by atoms with Crippen molar-refractivity contribution < 1.29 is 76.3 Å². The number of hydrogen-bond donors (Lipinski definition) is 0. The Kier molecular flexibility index (Phi) is 31.8. The zero-order chi connectivity index (χ0) is 102. The summed E-state index contributed by atoms with van der Waals surface area (Å²) in [4.78, 5) is 120. The van der Waals surface area contributed by atoms with Gasteiger partial charge in [0.2, 0.25) is 0 Å². The average molecular weight is 1840 g/mol. The average Bonchev–Trinajstić information content (AvgIpc) is 0.757. The van der Waals surface area contributed by atoms with Crippen molar-refractivity contribution in [2.75, 3.05) is 0 Å². The van der Waals surface area contributed by atoms with E-state index in [2.05, 4.69) is 219 Å². The molecule has 0 radical (unpaired) electrons. The summed E-state index contributed by atoms with van der Waals surface area (Å²) in [5.74, 6) is -4.77. The van der Waals surface area contributed by atoms with Crippen LogP contribution >= 0.6 is 0 Å². The first-order valence-corrected chi connectivity index (χ1v) is 46.6. The maximum absolute atomic E-state index is 14.9. The zero-order valence-corrected chi connectivity index (χ0v) is 87.1. The van der Waals surface area contributed by atoms with Crippen molar-refractivity contribution in [3.05, 3.63) is 328 Å². The molecule has 0 atom stereocenters. The van der Waals surface area contributed by atoms with Gasteiger partial charge in [0.05, 0.1) is 0 Å². The fraction of sp³-hybridized carbons (Fsp3) is 0.400. The van der Waals surface area contributed by atoms with Crippen LogP contribution in [0.3, 0.4) is 0 Å². The number of carbonyl (C=O) groups excluding carboxylic acids is 8. The molecule has 0 spiro atoms. The Morgan fingerprint density at radius 2 is 0.228 bits per heavy atom. The van der Waals surface area contributed by atoms with E-state index in [9.17, 15) is 38.4 Å². The van der Waals surface area contributed by atoms with Crippen LogP contribution in [0, 0.1) is 0 Å². The molecule has 0 saturated carbocycles. The highest BCUT2D eigenvalue weighted by molar-refractivity contribution is 5.94. The van der Waals surface area contributed by atoms with Gasteiger partial charge >= 0.3 is 47.8 Å². The van der Waals surface area contributed by atoms with Gasteiger partial charge in [0, 0.05) is 185 Å². The Labute approximate surface area is 809 Å². The summed E-state index contributed by atoms with van der Waals surface area (Å²) in [6.45, 7) is 95.1. The Morgan fingerprint density at radius 1 is 0.162 bits per heavy atom. The molecule has 0 saturated heterocycles. The summed E-state index contributed by atoms with van der Waals surface area (Å²) in [7, 11) is 0. The largest absolute Gasteiger partial charge is 0.423 e. The third-order valence-electron chi connectivity index (χ3n) is 24.3. The van der Waals surface area contributed by atoms with Crippen LogP contribution in [0.25, 0.3) is 0 Å². The number of esters is 8. The highest BCUT2D eigenvalue weighted by Crippen LogP contribution is 2.50. The maximum atomic E-state index is 14.9. The summed E-state index contributed by atoms with van der Waals surface area (Å²) in [6.07, 6.45) is -0.472. The summed E-state index contributed by atoms with van der Waals surface area (Å²) in [5.41, 5.74) is 10.1. The monoisotopic (exact) mass is 1840 g/mol. The zero-order valence-electron chi connectivity index (χ0n) is 87.1. The Hall–Kier alpha value is -12.6. The second-order valence-corrected chi connectivity index (χ2v) is 45.8. The second-order valence-electron chi connectivity index (χ2n) is 45.8. The van der Waals surface area contributed by atoms with E-state index in [0.717, 1.165) is 44.5 Å². The van der Waals surface area contributed by atoms with E-state index in [0.29, 0.717) is 89.0 Å². The van der Waals surface area contributed by atoms with Gasteiger partial charge in [-0.1, -0.05) is 316 Å². The first-order chi connectivity index (χ1) is 62.3. The third kappa shape index (κ3) is 26.2. The molecule has 16 bridgehead atoms. The van der Waals surface area contributed by atoms with Gasteiger partial charge in [-0.05, 0) is 143 Å². The van der Waals surface area contributed by atoms with E-state index in [1.807, 2.05) is 97.1 Å². The van der Waals surface area contributed by atoms with E-state index in [1.165, 1.54) is 0 Å². The van der Waals surface area contributed by atoms with E-state index in [4.69, 9.17) is 37.9 Å². The Morgan fingerprint density at radius 3 is 0.279 bits per heavy atom. The van der Waals surface area contributed by atoms with Crippen molar-refractivity contribution in [3.63, 3.8) is 0 Å². The van der Waals surface area contributed by atoms with Crippen molar-refractivity contribution in [2.24, 2.45) is 0 Å². The molecule has 720 valence electrons. The van der Waals surface area contributed by atoms with Gasteiger partial charge in [0.15, 0.2) is 0 Å². The van der Waals surface area contributed by atoms with E-state index >= 15 is 0 Å². The van der Waals surface area contributed by atoms with Gasteiger partial charge in [-0.25, -0.2) is 38.4 Å². The van der Waals surface area contributed by atoms with Crippen molar-refractivity contribution in [3.8, 4) is 46.0 Å². The minimum absolute atomic E-state index is 0.0590. The van der Waals surface area contributed by atoms with Crippen LogP contribution in [0.1, 0.15) is 355 Å². The highest BCUT2D eigenvalue weighted by atomic mass is 16.6. The van der Waals surface area contributed by atoms with E-state index < -0.39 is 91.1 Å². The topological polar surface area (TPSA) is 210 Å². The molecule has 9 rings (SSSR count). The molecule has 16 nitrogen and oxygen atoms in total. The van der Waals surface area contributed by atoms with Gasteiger partial charge in [0.1, 0.15) is 46.0 Å². The van der Waals surface area contributed by atoms with Crippen molar-refractivity contribution in [1.29, 1.82) is 0 Å². The van der Waals surface area contributed by atoms with Gasteiger partial charge in [-0.3, -0.25) is 0 Å². The fourth-order valence-corrected chi connectivity index (χ4v) is 15.7. The molecule has 1 aliphatic rings. The first kappa shape index (κ1) is 107. The molecular weight excluding hydrogens is 1700 g/mol. The van der Waals surface area contributed by atoms with Gasteiger partial charge in [0.25, 0.3) is 0 Å². The smallest absolute Gasteiger partial charge is 0.338 e. The number of fused-ring (bicyclic) bond motifs is 16. The van der Waals surface area contributed by atoms with Crippen LogP contribution in [0.15, 0.2) is 194 Å². The number of carbonyl (C=O) groups is 8. The van der Waals surface area contributed by atoms with Gasteiger partial charge < -0.3 is 37.9 Å². The third-order valence-corrected chi connectivity index (χ3v) is 24.3. The summed E-state index contributed by atoms with van der Waals surface area (Å²) in [6, 6.07) is 32.0. The molecule has 0 aromatic heterocycles. The second kappa shape index (κ2) is 40.4. The lowest BCUT2D eigenvalue weighted by Gasteiger charge is -2.29. The fourth-order valence-electron chi connectivity index (χ4n) is 15.7. The van der Waals surface area contributed by atoms with Crippen molar-refractivity contribution in [1.82, 2.24) is 0 Å². The molecule has 0 heterocycles. The standard InChI is InChI=1S/C120H144O16/c1-65(2)105(121)129-97-73-41-75-51-90(114(20,21)22)53-77(98(75)130-106(122)66(3)4)43-79-55-92(116(26,27)28)57-81(100(79)132-108(124)68(7)8)45-83-59-94(118(32,33)34)61-85(102(83)134-110(126)70(11)12)47-87-63-96(120(38,39)40)64-88(104(87)136-112(128)72(15)16)48-86-62-95(119(35,36)37)60-84(103(86)135-111(127)71(13)14)46-82-58-93(117(29,30)31)56-80(101(82)133-109(125)69(9)10)44-78-54-91(115(23,24)25)52-76(99(78)131-107(123)67(5)6)42-74(97)50-89(49-73)113(17,18)19/h49-64H,1,3,5,7,9,11,13,15,41-48H2,2,4,6,8,10,12,14,16-40H3. The van der Waals surface area contributed by atoms with Gasteiger partial charge in [-0.2, -0.15) is 0 Å². The quantitative estimate of drug-likeness (QED) is 0.0500. The van der Waals surface area contributed by atoms with Gasteiger partial charge in [-0.15, -0.1) is 0 Å². The first-order valence-electron chi connectivity index (χ1n) is 46.6. The molecule has 1 aliphatic carbocycles. The number of hydrogen-bond acceptors (Lipinski definition) is 16. The molecular formula is C120H144O16. The van der Waals surface area contributed by atoms with Crippen LogP contribution in [0.2, 0.25) is 0 Å². The number of benzene rings is 8. The van der Waals surface area contributed by atoms with Crippen LogP contribution in [-0.2, 0) is 133 Å². The summed E-state index contributed by atoms with van der Waals surface area (Å²) >= 11 is 0. The molecule has 136 heavy (non-hydrogen) atoms.